The zero-order chi connectivity index (χ0) is 20.9. The van der Waals surface area contributed by atoms with Gasteiger partial charge >= 0.3 is 5.97 Å². The predicted molar refractivity (Wildman–Crippen MR) is 105 cm³/mol. The molecule has 1 aromatic rings. The first-order chi connectivity index (χ1) is 13.1. The first-order valence-electron chi connectivity index (χ1n) is 9.58. The van der Waals surface area contributed by atoms with Gasteiger partial charge in [-0.1, -0.05) is 32.9 Å². The second-order valence-corrected chi connectivity index (χ2v) is 8.04. The zero-order valence-corrected chi connectivity index (χ0v) is 17.3. The monoisotopic (exact) mass is 390 g/mol. The Balaban J connectivity index is 1.88. The normalized spacial score (nSPS) is 16.8. The topological polar surface area (TPSA) is 84.9 Å². The van der Waals surface area contributed by atoms with E-state index in [1.54, 1.807) is 17.0 Å². The number of carbonyl (C=O) groups excluding carboxylic acids is 3. The van der Waals surface area contributed by atoms with Crippen molar-refractivity contribution in [1.82, 2.24) is 10.2 Å². The minimum absolute atomic E-state index is 0.00470. The summed E-state index contributed by atoms with van der Waals surface area (Å²) in [6, 6.07) is 6.41. The molecule has 0 aliphatic carbocycles. The maximum Gasteiger partial charge on any atom is 0.329 e. The molecular formula is C21H30N2O5. The SMILES string of the molecule is C[C@H](NC(=O)c1ccc(C(C)(C)C)cc1)C(=O)O[C@@H](C)C(=O)N1CCOCC1. The van der Waals surface area contributed by atoms with Gasteiger partial charge in [0.25, 0.3) is 11.8 Å². The Kier molecular flexibility index (Phi) is 7.18. The summed E-state index contributed by atoms with van der Waals surface area (Å²) in [6.45, 7) is 11.3. The average molecular weight is 390 g/mol. The summed E-state index contributed by atoms with van der Waals surface area (Å²) in [7, 11) is 0. The lowest BCUT2D eigenvalue weighted by Crippen LogP contribution is -2.47. The van der Waals surface area contributed by atoms with Gasteiger partial charge in [-0.2, -0.15) is 0 Å². The summed E-state index contributed by atoms with van der Waals surface area (Å²) in [6.07, 6.45) is -0.906. The number of benzene rings is 1. The molecule has 0 saturated carbocycles. The standard InChI is InChI=1S/C21H30N2O5/c1-14(20(26)28-15(2)19(25)23-10-12-27-13-11-23)22-18(24)16-6-8-17(9-7-16)21(3,4)5/h6-9,14-15H,10-13H2,1-5H3,(H,22,24)/t14-,15-/m0/s1. The van der Waals surface area contributed by atoms with Crippen molar-refractivity contribution >= 4 is 17.8 Å². The minimum Gasteiger partial charge on any atom is -0.451 e. The number of nitrogens with zero attached hydrogens (tertiary/aromatic N) is 1. The smallest absolute Gasteiger partial charge is 0.329 e. The molecule has 154 valence electrons. The molecule has 7 nitrogen and oxygen atoms in total. The maximum absolute atomic E-state index is 12.4. The first-order valence-corrected chi connectivity index (χ1v) is 9.58. The zero-order valence-electron chi connectivity index (χ0n) is 17.3. The van der Waals surface area contributed by atoms with Crippen molar-refractivity contribution in [2.24, 2.45) is 0 Å². The van der Waals surface area contributed by atoms with Crippen molar-refractivity contribution < 1.29 is 23.9 Å². The molecule has 2 amide bonds. The lowest BCUT2D eigenvalue weighted by molar-refractivity contribution is -0.162. The van der Waals surface area contributed by atoms with Gasteiger partial charge in [0.1, 0.15) is 6.04 Å². The third-order valence-corrected chi connectivity index (χ3v) is 4.68. The van der Waals surface area contributed by atoms with E-state index in [9.17, 15) is 14.4 Å². The lowest BCUT2D eigenvalue weighted by atomic mass is 9.86. The van der Waals surface area contributed by atoms with E-state index in [1.807, 2.05) is 12.1 Å². The van der Waals surface area contributed by atoms with Crippen LogP contribution in [-0.4, -0.2) is 61.1 Å². The van der Waals surface area contributed by atoms with E-state index in [-0.39, 0.29) is 17.2 Å². The van der Waals surface area contributed by atoms with Crippen LogP contribution in [0.15, 0.2) is 24.3 Å². The van der Waals surface area contributed by atoms with E-state index in [0.29, 0.717) is 31.9 Å². The molecule has 1 aliphatic rings. The van der Waals surface area contributed by atoms with E-state index < -0.39 is 18.1 Å². The lowest BCUT2D eigenvalue weighted by Gasteiger charge is -2.29. The fourth-order valence-electron chi connectivity index (χ4n) is 2.83. The summed E-state index contributed by atoms with van der Waals surface area (Å²) in [5.41, 5.74) is 1.58. The van der Waals surface area contributed by atoms with Crippen LogP contribution in [0.3, 0.4) is 0 Å². The summed E-state index contributed by atoms with van der Waals surface area (Å²) < 4.78 is 10.5. The fraction of sp³-hybridized carbons (Fsp3) is 0.571. The molecule has 1 aromatic carbocycles. The van der Waals surface area contributed by atoms with Gasteiger partial charge in [0, 0.05) is 18.7 Å². The van der Waals surface area contributed by atoms with Crippen molar-refractivity contribution in [2.75, 3.05) is 26.3 Å². The number of nitrogens with one attached hydrogen (secondary N) is 1. The Bertz CT molecular complexity index is 703. The van der Waals surface area contributed by atoms with Crippen LogP contribution in [0.1, 0.15) is 50.5 Å². The van der Waals surface area contributed by atoms with Crippen LogP contribution < -0.4 is 5.32 Å². The van der Waals surface area contributed by atoms with E-state index in [0.717, 1.165) is 5.56 Å². The molecule has 0 spiro atoms. The van der Waals surface area contributed by atoms with Gasteiger partial charge in [0.15, 0.2) is 6.10 Å². The minimum atomic E-state index is -0.906. The van der Waals surface area contributed by atoms with Crippen molar-refractivity contribution in [3.05, 3.63) is 35.4 Å². The molecule has 28 heavy (non-hydrogen) atoms. The largest absolute Gasteiger partial charge is 0.451 e. The summed E-state index contributed by atoms with van der Waals surface area (Å²) >= 11 is 0. The van der Waals surface area contributed by atoms with Crippen LogP contribution in [0.2, 0.25) is 0 Å². The molecule has 1 N–H and O–H groups in total. The van der Waals surface area contributed by atoms with Crippen molar-refractivity contribution in [2.45, 2.75) is 52.2 Å². The molecule has 0 unspecified atom stereocenters. The molecule has 1 heterocycles. The number of morpholine rings is 1. The molecule has 1 saturated heterocycles. The quantitative estimate of drug-likeness (QED) is 0.776. The van der Waals surface area contributed by atoms with Gasteiger partial charge in [-0.25, -0.2) is 4.79 Å². The Morgan fingerprint density at radius 2 is 1.64 bits per heavy atom. The molecule has 2 rings (SSSR count). The molecule has 0 radical (unpaired) electrons. The molecule has 1 fully saturated rings. The van der Waals surface area contributed by atoms with Gasteiger partial charge < -0.3 is 19.7 Å². The summed E-state index contributed by atoms with van der Waals surface area (Å²) in [4.78, 5) is 38.6. The molecule has 7 heteroatoms. The predicted octanol–water partition coefficient (Wildman–Crippen LogP) is 1.89. The maximum atomic E-state index is 12.4. The molecular weight excluding hydrogens is 360 g/mol. The number of amides is 2. The fourth-order valence-corrected chi connectivity index (χ4v) is 2.83. The molecule has 0 aromatic heterocycles. The summed E-state index contributed by atoms with van der Waals surface area (Å²) in [5.74, 6) is -1.27. The van der Waals surface area contributed by atoms with Gasteiger partial charge in [0.2, 0.25) is 0 Å². The van der Waals surface area contributed by atoms with E-state index in [4.69, 9.17) is 9.47 Å². The van der Waals surface area contributed by atoms with Gasteiger partial charge in [-0.05, 0) is 37.0 Å². The Morgan fingerprint density at radius 1 is 1.07 bits per heavy atom. The highest BCUT2D eigenvalue weighted by molar-refractivity contribution is 5.97. The van der Waals surface area contributed by atoms with Gasteiger partial charge in [0.05, 0.1) is 13.2 Å². The van der Waals surface area contributed by atoms with Crippen LogP contribution in [0, 0.1) is 0 Å². The Hall–Kier alpha value is -2.41. The highest BCUT2D eigenvalue weighted by Crippen LogP contribution is 2.22. The second-order valence-electron chi connectivity index (χ2n) is 8.04. The van der Waals surface area contributed by atoms with Crippen LogP contribution in [0.4, 0.5) is 0 Å². The third-order valence-electron chi connectivity index (χ3n) is 4.68. The number of hydrogen-bond donors (Lipinski definition) is 1. The van der Waals surface area contributed by atoms with Crippen molar-refractivity contribution in [3.8, 4) is 0 Å². The molecule has 0 bridgehead atoms. The second kappa shape index (κ2) is 9.19. The van der Waals surface area contributed by atoms with Crippen LogP contribution in [0.5, 0.6) is 0 Å². The highest BCUT2D eigenvalue weighted by Gasteiger charge is 2.27. The summed E-state index contributed by atoms with van der Waals surface area (Å²) in [5, 5.41) is 2.62. The van der Waals surface area contributed by atoms with E-state index in [2.05, 4.69) is 26.1 Å². The Morgan fingerprint density at radius 3 is 2.18 bits per heavy atom. The van der Waals surface area contributed by atoms with Gasteiger partial charge in [-0.3, -0.25) is 9.59 Å². The highest BCUT2D eigenvalue weighted by atomic mass is 16.5. The average Bonchev–Trinajstić information content (AvgIpc) is 2.67. The molecule has 2 atom stereocenters. The number of ether oxygens (including phenoxy) is 2. The molecule has 1 aliphatic heterocycles. The number of hydrogen-bond acceptors (Lipinski definition) is 5. The van der Waals surface area contributed by atoms with E-state index in [1.165, 1.54) is 13.8 Å². The van der Waals surface area contributed by atoms with Crippen LogP contribution >= 0.6 is 0 Å². The number of rotatable bonds is 5. The van der Waals surface area contributed by atoms with Crippen molar-refractivity contribution in [1.29, 1.82) is 0 Å². The number of carbonyl (C=O) groups is 3. The Labute approximate surface area is 166 Å². The third kappa shape index (κ3) is 5.79. The first kappa shape index (κ1) is 21.9. The van der Waals surface area contributed by atoms with Crippen LogP contribution in [0.25, 0.3) is 0 Å². The van der Waals surface area contributed by atoms with E-state index >= 15 is 0 Å². The van der Waals surface area contributed by atoms with Crippen molar-refractivity contribution in [3.63, 3.8) is 0 Å². The number of esters is 1. The van der Waals surface area contributed by atoms with Crippen LogP contribution in [-0.2, 0) is 24.5 Å². The van der Waals surface area contributed by atoms with Gasteiger partial charge in [-0.15, -0.1) is 0 Å².